The Morgan fingerprint density at radius 3 is 1.49 bits per heavy atom. The van der Waals surface area contributed by atoms with Crippen molar-refractivity contribution in [2.24, 2.45) is 0 Å². The van der Waals surface area contributed by atoms with Crippen LogP contribution in [0.1, 0.15) is 0 Å². The van der Waals surface area contributed by atoms with Gasteiger partial charge in [-0.15, -0.1) is 0 Å². The molecule has 0 aliphatic heterocycles. The SMILES string of the molecule is c1ccc(-c2ccc(-c3ccc(N(c4ccccc4-c4ccccc4)c4cc5oc6ccc7oc8ccccc8c7c6c5c5ccccc45)cc3)cc2)cc1. The molecule has 0 aliphatic rings. The second-order valence-electron chi connectivity index (χ2n) is 14.0. The van der Waals surface area contributed by atoms with E-state index in [1.165, 1.54) is 16.7 Å². The van der Waals surface area contributed by atoms with E-state index < -0.39 is 0 Å². The van der Waals surface area contributed by atoms with Crippen molar-refractivity contribution in [3.8, 4) is 33.4 Å². The zero-order valence-electron chi connectivity index (χ0n) is 29.8. The molecule has 3 heteroatoms. The van der Waals surface area contributed by atoms with Gasteiger partial charge < -0.3 is 13.7 Å². The molecule has 0 aliphatic carbocycles. The topological polar surface area (TPSA) is 29.5 Å². The first-order valence-electron chi connectivity index (χ1n) is 18.7. The number of hydrogen-bond acceptors (Lipinski definition) is 3. The lowest BCUT2D eigenvalue weighted by Gasteiger charge is -2.29. The Hall–Kier alpha value is -7.36. The molecule has 2 heterocycles. The molecule has 0 spiro atoms. The average Bonchev–Trinajstić information content (AvgIpc) is 3.83. The van der Waals surface area contributed by atoms with Gasteiger partial charge in [-0.05, 0) is 69.6 Å². The van der Waals surface area contributed by atoms with Crippen molar-refractivity contribution in [2.45, 2.75) is 0 Å². The fraction of sp³-hybridized carbons (Fsp3) is 0. The van der Waals surface area contributed by atoms with Crippen LogP contribution < -0.4 is 4.90 Å². The minimum absolute atomic E-state index is 0.832. The van der Waals surface area contributed by atoms with Gasteiger partial charge >= 0.3 is 0 Å². The van der Waals surface area contributed by atoms with E-state index in [0.29, 0.717) is 0 Å². The van der Waals surface area contributed by atoms with Crippen LogP contribution in [0.15, 0.2) is 209 Å². The maximum atomic E-state index is 6.81. The maximum Gasteiger partial charge on any atom is 0.138 e. The molecule has 0 N–H and O–H groups in total. The first-order valence-corrected chi connectivity index (χ1v) is 18.7. The second kappa shape index (κ2) is 12.6. The molecule has 9 aromatic carbocycles. The van der Waals surface area contributed by atoms with Crippen LogP contribution in [0.25, 0.3) is 88.0 Å². The smallest absolute Gasteiger partial charge is 0.138 e. The molecule has 0 saturated heterocycles. The molecule has 0 bridgehead atoms. The van der Waals surface area contributed by atoms with E-state index in [2.05, 4.69) is 181 Å². The summed E-state index contributed by atoms with van der Waals surface area (Å²) in [5.74, 6) is 0. The molecule has 2 aromatic heterocycles. The number of benzene rings is 9. The van der Waals surface area contributed by atoms with Gasteiger partial charge in [0.2, 0.25) is 0 Å². The number of nitrogens with zero attached hydrogens (tertiary/aromatic N) is 1. The third kappa shape index (κ3) is 5.13. The standard InChI is InChI=1S/C52H33NO2/c1-3-13-34(14-4-1)35-23-25-36(26-24-35)37-27-29-39(30-28-37)53(44-21-11-9-17-40(44)38-15-5-2-6-16-38)45-33-49-50(42-19-8-7-18-41(42)45)52-48(55-49)32-31-47-51(52)43-20-10-12-22-46(43)54-47/h1-33H. The van der Waals surface area contributed by atoms with Crippen LogP contribution in [-0.2, 0) is 0 Å². The number of rotatable bonds is 6. The van der Waals surface area contributed by atoms with Gasteiger partial charge in [-0.3, -0.25) is 0 Å². The van der Waals surface area contributed by atoms with Crippen LogP contribution in [0.5, 0.6) is 0 Å². The van der Waals surface area contributed by atoms with E-state index >= 15 is 0 Å². The van der Waals surface area contributed by atoms with E-state index in [4.69, 9.17) is 8.83 Å². The van der Waals surface area contributed by atoms with Crippen molar-refractivity contribution in [2.75, 3.05) is 4.90 Å². The number of fused-ring (bicyclic) bond motifs is 9. The summed E-state index contributed by atoms with van der Waals surface area (Å²) in [7, 11) is 0. The molecule has 0 radical (unpaired) electrons. The molecule has 0 fully saturated rings. The fourth-order valence-electron chi connectivity index (χ4n) is 8.33. The summed E-state index contributed by atoms with van der Waals surface area (Å²) in [4.78, 5) is 2.39. The van der Waals surface area contributed by atoms with Crippen molar-refractivity contribution in [1.82, 2.24) is 0 Å². The molecule has 3 nitrogen and oxygen atoms in total. The third-order valence-corrected chi connectivity index (χ3v) is 10.9. The Morgan fingerprint density at radius 1 is 0.291 bits per heavy atom. The van der Waals surface area contributed by atoms with Crippen molar-refractivity contribution >= 4 is 71.7 Å². The predicted molar refractivity (Wildman–Crippen MR) is 229 cm³/mol. The fourth-order valence-corrected chi connectivity index (χ4v) is 8.33. The normalized spacial score (nSPS) is 11.6. The van der Waals surface area contributed by atoms with Crippen molar-refractivity contribution in [3.05, 3.63) is 200 Å². The van der Waals surface area contributed by atoms with E-state index in [-0.39, 0.29) is 0 Å². The summed E-state index contributed by atoms with van der Waals surface area (Å²) in [5.41, 5.74) is 13.6. The number of furan rings is 2. The minimum atomic E-state index is 0.832. The van der Waals surface area contributed by atoms with Crippen LogP contribution in [0.4, 0.5) is 17.1 Å². The Balaban J connectivity index is 1.13. The molecule has 11 rings (SSSR count). The van der Waals surface area contributed by atoms with Gasteiger partial charge in [0.05, 0.1) is 11.4 Å². The summed E-state index contributed by atoms with van der Waals surface area (Å²) in [6, 6.07) is 70.9. The number of anilines is 3. The van der Waals surface area contributed by atoms with Gasteiger partial charge in [0, 0.05) is 44.2 Å². The van der Waals surface area contributed by atoms with Crippen molar-refractivity contribution in [3.63, 3.8) is 0 Å². The monoisotopic (exact) mass is 703 g/mol. The summed E-state index contributed by atoms with van der Waals surface area (Å²) in [6.07, 6.45) is 0. The lowest BCUT2D eigenvalue weighted by molar-refractivity contribution is 0.663. The van der Waals surface area contributed by atoms with Gasteiger partial charge in [-0.1, -0.05) is 158 Å². The van der Waals surface area contributed by atoms with Gasteiger partial charge in [0.1, 0.15) is 22.3 Å². The van der Waals surface area contributed by atoms with E-state index in [1.54, 1.807) is 0 Å². The molecular weight excluding hydrogens is 671 g/mol. The van der Waals surface area contributed by atoms with Gasteiger partial charge in [-0.2, -0.15) is 0 Å². The molecule has 258 valence electrons. The van der Waals surface area contributed by atoms with Crippen molar-refractivity contribution < 1.29 is 8.83 Å². The summed E-state index contributed by atoms with van der Waals surface area (Å²) < 4.78 is 13.2. The molecule has 55 heavy (non-hydrogen) atoms. The van der Waals surface area contributed by atoms with Crippen LogP contribution in [-0.4, -0.2) is 0 Å². The molecular formula is C52H33NO2. The largest absolute Gasteiger partial charge is 0.456 e. The van der Waals surface area contributed by atoms with E-state index in [1.807, 2.05) is 24.3 Å². The van der Waals surface area contributed by atoms with Crippen LogP contribution in [0.2, 0.25) is 0 Å². The molecule has 11 aromatic rings. The lowest BCUT2D eigenvalue weighted by Crippen LogP contribution is -2.12. The molecule has 0 unspecified atom stereocenters. The minimum Gasteiger partial charge on any atom is -0.456 e. The van der Waals surface area contributed by atoms with Gasteiger partial charge in [0.15, 0.2) is 0 Å². The third-order valence-electron chi connectivity index (χ3n) is 10.9. The predicted octanol–water partition coefficient (Wildman–Crippen LogP) is 15.1. The van der Waals surface area contributed by atoms with Gasteiger partial charge in [-0.25, -0.2) is 0 Å². The second-order valence-corrected chi connectivity index (χ2v) is 14.0. The van der Waals surface area contributed by atoms with Crippen molar-refractivity contribution in [1.29, 1.82) is 0 Å². The first kappa shape index (κ1) is 31.2. The van der Waals surface area contributed by atoms with Gasteiger partial charge in [0.25, 0.3) is 0 Å². The van der Waals surface area contributed by atoms with E-state index in [9.17, 15) is 0 Å². The van der Waals surface area contributed by atoms with E-state index in [0.717, 1.165) is 88.4 Å². The van der Waals surface area contributed by atoms with Crippen LogP contribution in [0.3, 0.4) is 0 Å². The lowest BCUT2D eigenvalue weighted by atomic mass is 9.97. The highest BCUT2D eigenvalue weighted by molar-refractivity contribution is 6.32. The zero-order valence-corrected chi connectivity index (χ0v) is 29.8. The van der Waals surface area contributed by atoms with Crippen LogP contribution >= 0.6 is 0 Å². The highest BCUT2D eigenvalue weighted by Crippen LogP contribution is 2.49. The summed E-state index contributed by atoms with van der Waals surface area (Å²) in [6.45, 7) is 0. The highest BCUT2D eigenvalue weighted by Gasteiger charge is 2.24. The molecule has 0 atom stereocenters. The zero-order chi connectivity index (χ0) is 36.3. The first-order chi connectivity index (χ1) is 27.3. The Morgan fingerprint density at radius 2 is 0.782 bits per heavy atom. The Bertz CT molecular complexity index is 3180. The number of hydrogen-bond donors (Lipinski definition) is 0. The molecule has 0 saturated carbocycles. The average molecular weight is 704 g/mol. The number of para-hydroxylation sites is 2. The Kier molecular flexibility index (Phi) is 7.17. The Labute approximate surface area is 317 Å². The summed E-state index contributed by atoms with van der Waals surface area (Å²) >= 11 is 0. The maximum absolute atomic E-state index is 6.81. The molecule has 0 amide bonds. The summed E-state index contributed by atoms with van der Waals surface area (Å²) in [5, 5.41) is 6.61. The quantitative estimate of drug-likeness (QED) is 0.173. The van der Waals surface area contributed by atoms with Crippen LogP contribution in [0, 0.1) is 0 Å². The highest BCUT2D eigenvalue weighted by atomic mass is 16.3.